The van der Waals surface area contributed by atoms with Gasteiger partial charge in [-0.15, -0.1) is 0 Å². The molecule has 4 aliphatic heterocycles. The van der Waals surface area contributed by atoms with Gasteiger partial charge in [0.15, 0.2) is 0 Å². The Labute approximate surface area is 620 Å². The van der Waals surface area contributed by atoms with Crippen LogP contribution in [0.1, 0.15) is 115 Å². The lowest BCUT2D eigenvalue weighted by atomic mass is 9.95. The molecule has 3 aromatic rings. The van der Waals surface area contributed by atoms with Gasteiger partial charge in [0.25, 0.3) is 47.3 Å². The summed E-state index contributed by atoms with van der Waals surface area (Å²) in [6.45, 7) is 8.35. The lowest BCUT2D eigenvalue weighted by Gasteiger charge is -2.36. The first kappa shape index (κ1) is 78.8. The standard InChI is InChI=1S/C67H83N11O14S8/c1-67(2,3)92-62(87)72-23-9-8-14-41(74(30-26-70-56(81)44-17-12-21-48(52(44)90-6)60(85)77-34-38-99-65(77)95)31-27-71-57(82)45-18-13-22-49(53(45)91-7)61(86)78-35-39-100-66(78)96)40-73(28-24-68-54(79)42-15-10-19-46(50(42)88-4)58(83)75-32-36-97-63(75)93)29-25-69-55(80)43-16-11-20-47(51(43)89-5)59(84)76-33-37-98-64(76)94/h10,12-13,15,17-22,41H,8-9,11,14,16,23-40H2,1-7H3,(H,68,79)(H,69,80)(H,70,81)(H,71,82)(H,72,87). The second kappa shape index (κ2) is 37.8. The molecule has 0 saturated carbocycles. The van der Waals surface area contributed by atoms with Crippen LogP contribution in [0.3, 0.4) is 0 Å². The molecule has 3 aromatic carbocycles. The van der Waals surface area contributed by atoms with Gasteiger partial charge in [-0.3, -0.25) is 67.8 Å². The predicted octanol–water partition coefficient (Wildman–Crippen LogP) is 6.99. The fourth-order valence-corrected chi connectivity index (χ4v) is 16.5. The van der Waals surface area contributed by atoms with Crippen LogP contribution in [0.25, 0.3) is 0 Å². The lowest BCUT2D eigenvalue weighted by Crippen LogP contribution is -2.51. The van der Waals surface area contributed by atoms with Gasteiger partial charge in [-0.05, 0) is 82.9 Å². The summed E-state index contributed by atoms with van der Waals surface area (Å²) in [6.07, 6.45) is 3.35. The number of nitrogens with zero attached hydrogens (tertiary/aromatic N) is 6. The minimum Gasteiger partial charge on any atom is -0.495 e. The van der Waals surface area contributed by atoms with E-state index in [0.717, 1.165) is 0 Å². The van der Waals surface area contributed by atoms with E-state index in [1.54, 1.807) is 81.4 Å². The number of benzene rings is 3. The molecule has 25 nitrogen and oxygen atoms in total. The molecule has 1 aliphatic carbocycles. The summed E-state index contributed by atoms with van der Waals surface area (Å²) >= 11 is 27.4. The molecule has 9 amide bonds. The van der Waals surface area contributed by atoms with E-state index in [-0.39, 0.29) is 139 Å². The fourth-order valence-electron chi connectivity index (χ4n) is 11.7. The van der Waals surface area contributed by atoms with Gasteiger partial charge in [0.05, 0.1) is 73.0 Å². The Kier molecular flexibility index (Phi) is 29.8. The average molecular weight is 1520 g/mol. The third-order valence-electron chi connectivity index (χ3n) is 16.5. The number of thioether (sulfide) groups is 4. The second-order valence-electron chi connectivity index (χ2n) is 24.1. The summed E-state index contributed by atoms with van der Waals surface area (Å²) in [6, 6.07) is 13.8. The molecule has 0 radical (unpaired) electrons. The zero-order chi connectivity index (χ0) is 72.2. The number of rotatable bonds is 32. The Morgan fingerprint density at radius 1 is 0.490 bits per heavy atom. The second-order valence-corrected chi connectivity index (χ2v) is 31.0. The first-order valence-corrected chi connectivity index (χ1v) is 38.1. The van der Waals surface area contributed by atoms with Crippen molar-refractivity contribution in [3.63, 3.8) is 0 Å². The van der Waals surface area contributed by atoms with Gasteiger partial charge in [-0.2, -0.15) is 0 Å². The number of amides is 9. The predicted molar refractivity (Wildman–Crippen MR) is 405 cm³/mol. The first-order valence-electron chi connectivity index (χ1n) is 32.5. The van der Waals surface area contributed by atoms with E-state index in [4.69, 9.17) is 72.6 Å². The Morgan fingerprint density at radius 2 is 0.870 bits per heavy atom. The summed E-state index contributed by atoms with van der Waals surface area (Å²) in [4.78, 5) is 136. The van der Waals surface area contributed by atoms with E-state index < -0.39 is 59.1 Å². The van der Waals surface area contributed by atoms with Crippen LogP contribution in [0.5, 0.6) is 17.2 Å². The summed E-state index contributed by atoms with van der Waals surface area (Å²) in [5.74, 6) is -0.675. The summed E-state index contributed by atoms with van der Waals surface area (Å²) in [7, 11) is 5.56. The average Bonchev–Trinajstić information content (AvgIpc) is 1.40. The van der Waals surface area contributed by atoms with Crippen molar-refractivity contribution in [1.82, 2.24) is 56.0 Å². The number of thiocarbonyl (C=S) groups is 4. The summed E-state index contributed by atoms with van der Waals surface area (Å²) in [5, 5.41) is 15.0. The van der Waals surface area contributed by atoms with Crippen molar-refractivity contribution in [3.05, 3.63) is 111 Å². The topological polar surface area (TPSA) is 279 Å². The Balaban J connectivity index is 1.11. The highest BCUT2D eigenvalue weighted by Crippen LogP contribution is 2.34. The monoisotopic (exact) mass is 1520 g/mol. The van der Waals surface area contributed by atoms with Crippen LogP contribution in [0.4, 0.5) is 4.79 Å². The minimum absolute atomic E-state index is 0.0302. The minimum atomic E-state index is -0.739. The number of nitrogens with one attached hydrogen (secondary N) is 5. The van der Waals surface area contributed by atoms with E-state index in [0.29, 0.717) is 98.6 Å². The number of hydrogen-bond acceptors (Lipinski definition) is 24. The Morgan fingerprint density at radius 3 is 1.24 bits per heavy atom. The summed E-state index contributed by atoms with van der Waals surface area (Å²) in [5.41, 5.74) is 0.608. The first-order chi connectivity index (χ1) is 48.0. The van der Waals surface area contributed by atoms with Gasteiger partial charge < -0.3 is 50.3 Å². The van der Waals surface area contributed by atoms with Crippen molar-refractivity contribution in [2.45, 2.75) is 64.5 Å². The number of para-hydroxylation sites is 3. The molecule has 0 spiro atoms. The molecule has 5 aliphatic rings. The Bertz CT molecular complexity index is 3610. The van der Waals surface area contributed by atoms with Crippen molar-refractivity contribution in [3.8, 4) is 17.2 Å². The third kappa shape index (κ3) is 20.4. The maximum Gasteiger partial charge on any atom is 0.407 e. The molecule has 5 N–H and O–H groups in total. The number of methoxy groups -OCH3 is 4. The molecule has 0 bridgehead atoms. The van der Waals surface area contributed by atoms with Crippen LogP contribution in [0.2, 0.25) is 0 Å². The molecule has 33 heteroatoms. The highest BCUT2D eigenvalue weighted by molar-refractivity contribution is 8.24. The van der Waals surface area contributed by atoms with Crippen LogP contribution in [0.15, 0.2) is 77.6 Å². The van der Waals surface area contributed by atoms with E-state index in [1.165, 1.54) is 95.1 Å². The highest BCUT2D eigenvalue weighted by Gasteiger charge is 2.36. The van der Waals surface area contributed by atoms with Gasteiger partial charge in [0.2, 0.25) is 0 Å². The highest BCUT2D eigenvalue weighted by atomic mass is 32.2. The maximum atomic E-state index is 14.4. The third-order valence-corrected chi connectivity index (χ3v) is 22.2. The van der Waals surface area contributed by atoms with Crippen LogP contribution >= 0.6 is 95.9 Å². The van der Waals surface area contributed by atoms with E-state index >= 15 is 0 Å². The van der Waals surface area contributed by atoms with Crippen LogP contribution < -0.4 is 40.8 Å². The zero-order valence-corrected chi connectivity index (χ0v) is 63.3. The molecule has 0 aromatic heterocycles. The molecule has 4 heterocycles. The van der Waals surface area contributed by atoms with Crippen LogP contribution in [0, 0.1) is 0 Å². The normalized spacial score (nSPS) is 15.8. The maximum absolute atomic E-state index is 14.4. The summed E-state index contributed by atoms with van der Waals surface area (Å²) < 4.78 is 30.3. The van der Waals surface area contributed by atoms with E-state index in [9.17, 15) is 43.2 Å². The van der Waals surface area contributed by atoms with Crippen molar-refractivity contribution >= 4 is 167 Å². The van der Waals surface area contributed by atoms with Gasteiger partial charge in [-0.25, -0.2) is 4.79 Å². The van der Waals surface area contributed by atoms with Gasteiger partial charge in [-0.1, -0.05) is 127 Å². The molecule has 1 atom stereocenters. The number of unbranched alkanes of at least 4 members (excludes halogenated alkanes) is 1. The van der Waals surface area contributed by atoms with E-state index in [1.807, 2.05) is 0 Å². The zero-order valence-electron chi connectivity index (χ0n) is 56.8. The van der Waals surface area contributed by atoms with Crippen molar-refractivity contribution in [2.75, 3.05) is 143 Å². The molecule has 4 saturated heterocycles. The van der Waals surface area contributed by atoms with E-state index in [2.05, 4.69) is 36.4 Å². The molecule has 4 fully saturated rings. The van der Waals surface area contributed by atoms with Crippen LogP contribution in [-0.2, 0) is 19.1 Å². The van der Waals surface area contributed by atoms with Crippen molar-refractivity contribution in [2.24, 2.45) is 0 Å². The fraction of sp³-hybridized carbons (Fsp3) is 0.478. The molecule has 100 heavy (non-hydrogen) atoms. The Hall–Kier alpha value is -6.95. The van der Waals surface area contributed by atoms with Gasteiger partial charge >= 0.3 is 6.09 Å². The quantitative estimate of drug-likeness (QED) is 0.0311. The molecular weight excluding hydrogens is 1440 g/mol. The van der Waals surface area contributed by atoms with Crippen LogP contribution in [-0.4, -0.2) is 255 Å². The number of carbonyl (C=O) groups excluding carboxylic acids is 9. The van der Waals surface area contributed by atoms with Crippen molar-refractivity contribution in [1.29, 1.82) is 0 Å². The molecule has 538 valence electrons. The largest absolute Gasteiger partial charge is 0.495 e. The SMILES string of the molecule is COC1=C(C(=O)NCCN(CCNC(=O)c2cccc(C(=O)N3CCSC3=S)c2OC)CC(CCCCNC(=O)OC(C)(C)C)N(CCNC(=O)c2cccc(C(=O)N3CCSC3=S)c2OC)CCNC(=O)c2cccc(C(=O)N3CCSC3=S)c2OC)CCC=C1C(=O)N1CCSC1=S. The number of alkyl carbamates (subject to hydrolysis) is 1. The van der Waals surface area contributed by atoms with Gasteiger partial charge in [0.1, 0.15) is 45.9 Å². The number of hydrogen-bond donors (Lipinski definition) is 5. The molecule has 8 rings (SSSR count). The number of ether oxygens (including phenoxy) is 5. The van der Waals surface area contributed by atoms with Gasteiger partial charge in [0, 0.05) is 121 Å². The molecule has 1 unspecified atom stereocenters. The van der Waals surface area contributed by atoms with Crippen molar-refractivity contribution < 1.29 is 66.8 Å². The smallest absolute Gasteiger partial charge is 0.407 e. The molecular formula is C67H83N11O14S8. The number of allylic oxidation sites excluding steroid dienone is 1. The number of carbonyl (C=O) groups is 9. The lowest BCUT2D eigenvalue weighted by molar-refractivity contribution is -0.123.